The number of carbonyl (C=O) groups is 1. The lowest BCUT2D eigenvalue weighted by molar-refractivity contribution is 0.102. The number of hydrogen-bond donors (Lipinski definition) is 1. The van der Waals surface area contributed by atoms with Crippen LogP contribution in [-0.2, 0) is 10.0 Å². The topological polar surface area (TPSA) is 90.3 Å². The third-order valence-corrected chi connectivity index (χ3v) is 6.57. The van der Waals surface area contributed by atoms with Crippen molar-refractivity contribution in [1.82, 2.24) is 0 Å². The molecule has 0 spiro atoms. The van der Waals surface area contributed by atoms with E-state index < -0.39 is 15.9 Å². The van der Waals surface area contributed by atoms with Gasteiger partial charge in [-0.2, -0.15) is 5.26 Å². The number of rotatable bonds is 3. The number of sulfonamides is 1. The molecule has 0 atom stereocenters. The first-order valence-corrected chi connectivity index (χ1v) is 9.99. The van der Waals surface area contributed by atoms with Crippen LogP contribution in [0.1, 0.15) is 22.3 Å². The highest BCUT2D eigenvalue weighted by Crippen LogP contribution is 2.34. The third-order valence-electron chi connectivity index (χ3n) is 3.89. The Bertz CT molecular complexity index is 1030. The van der Waals surface area contributed by atoms with Crippen molar-refractivity contribution in [2.75, 3.05) is 21.9 Å². The number of nitriles is 1. The van der Waals surface area contributed by atoms with Gasteiger partial charge in [0.2, 0.25) is 10.0 Å². The van der Waals surface area contributed by atoms with Gasteiger partial charge in [-0.3, -0.25) is 9.10 Å². The first kappa shape index (κ1) is 18.5. The summed E-state index contributed by atoms with van der Waals surface area (Å²) in [5.74, 6) is -0.499. The summed E-state index contributed by atoms with van der Waals surface area (Å²) >= 11 is 12.3. The number of nitrogens with zero attached hydrogens (tertiary/aromatic N) is 2. The molecule has 26 heavy (non-hydrogen) atoms. The molecule has 134 valence electrons. The Balaban J connectivity index is 1.96. The number of halogens is 2. The Morgan fingerprint density at radius 3 is 2.65 bits per heavy atom. The van der Waals surface area contributed by atoms with Gasteiger partial charge in [-0.25, -0.2) is 8.42 Å². The van der Waals surface area contributed by atoms with Crippen LogP contribution in [0.4, 0.5) is 11.4 Å². The van der Waals surface area contributed by atoms with E-state index in [4.69, 9.17) is 28.5 Å². The number of benzene rings is 2. The molecule has 1 N–H and O–H groups in total. The van der Waals surface area contributed by atoms with E-state index in [1.54, 1.807) is 18.2 Å². The highest BCUT2D eigenvalue weighted by Gasteiger charge is 2.30. The number of anilines is 2. The lowest BCUT2D eigenvalue weighted by Gasteiger charge is -2.19. The Morgan fingerprint density at radius 1 is 1.23 bits per heavy atom. The van der Waals surface area contributed by atoms with Crippen LogP contribution in [-0.4, -0.2) is 26.6 Å². The van der Waals surface area contributed by atoms with E-state index in [2.05, 4.69) is 5.32 Å². The van der Waals surface area contributed by atoms with E-state index in [9.17, 15) is 13.2 Å². The van der Waals surface area contributed by atoms with Gasteiger partial charge < -0.3 is 5.32 Å². The fraction of sp³-hybridized carbons (Fsp3) is 0.176. The predicted molar refractivity (Wildman–Crippen MR) is 101 cm³/mol. The molecular formula is C17H13Cl2N3O3S. The van der Waals surface area contributed by atoms with Crippen LogP contribution in [0.15, 0.2) is 36.4 Å². The van der Waals surface area contributed by atoms with Crippen molar-refractivity contribution in [2.24, 2.45) is 0 Å². The maximum absolute atomic E-state index is 12.6. The molecule has 0 saturated carbocycles. The van der Waals surface area contributed by atoms with Crippen LogP contribution in [0.2, 0.25) is 10.0 Å². The lowest BCUT2D eigenvalue weighted by atomic mass is 10.1. The predicted octanol–water partition coefficient (Wildman–Crippen LogP) is 3.66. The molecular weight excluding hydrogens is 397 g/mol. The normalized spacial score (nSPS) is 15.5. The Hall–Kier alpha value is -2.27. The molecule has 1 fully saturated rings. The summed E-state index contributed by atoms with van der Waals surface area (Å²) in [4.78, 5) is 12.6. The smallest absolute Gasteiger partial charge is 0.257 e. The summed E-state index contributed by atoms with van der Waals surface area (Å²) in [6.07, 6.45) is 0.505. The van der Waals surface area contributed by atoms with E-state index in [1.807, 2.05) is 6.07 Å². The van der Waals surface area contributed by atoms with Crippen LogP contribution >= 0.6 is 23.2 Å². The molecule has 2 aromatic rings. The number of hydrogen-bond acceptors (Lipinski definition) is 4. The van der Waals surface area contributed by atoms with E-state index in [0.29, 0.717) is 29.9 Å². The summed E-state index contributed by atoms with van der Waals surface area (Å²) in [5.41, 5.74) is 1.16. The average molecular weight is 410 g/mol. The van der Waals surface area contributed by atoms with Crippen molar-refractivity contribution in [1.29, 1.82) is 5.26 Å². The fourth-order valence-corrected chi connectivity index (χ4v) is 4.64. The van der Waals surface area contributed by atoms with Crippen molar-refractivity contribution in [3.05, 3.63) is 57.6 Å². The molecule has 1 aliphatic heterocycles. The molecule has 0 unspecified atom stereocenters. The third kappa shape index (κ3) is 3.63. The van der Waals surface area contributed by atoms with Crippen LogP contribution in [0.5, 0.6) is 0 Å². The highest BCUT2D eigenvalue weighted by atomic mass is 35.5. The SMILES string of the molecule is N#Cc1cccc(NC(=O)c2cc(N3CCCS3(=O)=O)cc(Cl)c2Cl)c1. The van der Waals surface area contributed by atoms with Crippen LogP contribution < -0.4 is 9.62 Å². The quantitative estimate of drug-likeness (QED) is 0.836. The molecule has 1 heterocycles. The molecule has 1 aliphatic rings. The Kier molecular flexibility index (Phi) is 5.10. The van der Waals surface area contributed by atoms with Crippen LogP contribution in [0.3, 0.4) is 0 Å². The van der Waals surface area contributed by atoms with Crippen molar-refractivity contribution >= 4 is 50.5 Å². The molecule has 0 aliphatic carbocycles. The van der Waals surface area contributed by atoms with Gasteiger partial charge in [-0.15, -0.1) is 0 Å². The Labute approximate surface area is 161 Å². The molecule has 0 radical (unpaired) electrons. The van der Waals surface area contributed by atoms with Gasteiger partial charge in [0.25, 0.3) is 5.91 Å². The van der Waals surface area contributed by atoms with Gasteiger partial charge in [-0.05, 0) is 36.8 Å². The first-order chi connectivity index (χ1) is 12.3. The zero-order valence-corrected chi connectivity index (χ0v) is 15.7. The standard InChI is InChI=1S/C17H13Cl2N3O3S/c18-15-9-13(22-5-2-6-26(22,24)25)8-14(16(15)19)17(23)21-12-4-1-3-11(7-12)10-20/h1,3-4,7-9H,2,5-6H2,(H,21,23). The fourth-order valence-electron chi connectivity index (χ4n) is 2.68. The first-order valence-electron chi connectivity index (χ1n) is 7.63. The number of amides is 1. The zero-order chi connectivity index (χ0) is 18.9. The van der Waals surface area contributed by atoms with E-state index >= 15 is 0 Å². The molecule has 1 amide bonds. The zero-order valence-electron chi connectivity index (χ0n) is 13.4. The second-order valence-corrected chi connectivity index (χ2v) is 8.48. The minimum atomic E-state index is -3.42. The van der Waals surface area contributed by atoms with E-state index in [0.717, 1.165) is 0 Å². The summed E-state index contributed by atoms with van der Waals surface area (Å²) in [6.45, 7) is 0.325. The summed E-state index contributed by atoms with van der Waals surface area (Å²) < 4.78 is 25.5. The minimum Gasteiger partial charge on any atom is -0.322 e. The maximum Gasteiger partial charge on any atom is 0.257 e. The molecule has 2 aromatic carbocycles. The van der Waals surface area contributed by atoms with Gasteiger partial charge in [0, 0.05) is 12.2 Å². The highest BCUT2D eigenvalue weighted by molar-refractivity contribution is 7.93. The van der Waals surface area contributed by atoms with Gasteiger partial charge in [0.05, 0.1) is 38.7 Å². The average Bonchev–Trinajstić information content (AvgIpc) is 2.96. The summed E-state index contributed by atoms with van der Waals surface area (Å²) in [5, 5.41) is 11.7. The maximum atomic E-state index is 12.6. The number of nitrogens with one attached hydrogen (secondary N) is 1. The molecule has 6 nitrogen and oxygen atoms in total. The van der Waals surface area contributed by atoms with Crippen LogP contribution in [0.25, 0.3) is 0 Å². The van der Waals surface area contributed by atoms with E-state index in [-0.39, 0.29) is 21.4 Å². The monoisotopic (exact) mass is 409 g/mol. The van der Waals surface area contributed by atoms with Crippen molar-refractivity contribution in [2.45, 2.75) is 6.42 Å². The van der Waals surface area contributed by atoms with Crippen molar-refractivity contribution in [3.8, 4) is 6.07 Å². The summed E-state index contributed by atoms with van der Waals surface area (Å²) in [6, 6.07) is 11.2. The van der Waals surface area contributed by atoms with Gasteiger partial charge in [0.1, 0.15) is 0 Å². The molecule has 0 aromatic heterocycles. The van der Waals surface area contributed by atoms with E-state index in [1.165, 1.54) is 22.5 Å². The molecule has 1 saturated heterocycles. The molecule has 9 heteroatoms. The lowest BCUT2D eigenvalue weighted by Crippen LogP contribution is -2.25. The second kappa shape index (κ2) is 7.16. The van der Waals surface area contributed by atoms with Gasteiger partial charge >= 0.3 is 0 Å². The number of carbonyl (C=O) groups excluding carboxylic acids is 1. The van der Waals surface area contributed by atoms with Gasteiger partial charge in [0.15, 0.2) is 0 Å². The minimum absolute atomic E-state index is 0.0287. The Morgan fingerprint density at radius 2 is 2.00 bits per heavy atom. The molecule has 3 rings (SSSR count). The van der Waals surface area contributed by atoms with Crippen molar-refractivity contribution < 1.29 is 13.2 Å². The van der Waals surface area contributed by atoms with Crippen molar-refractivity contribution in [3.63, 3.8) is 0 Å². The largest absolute Gasteiger partial charge is 0.322 e. The van der Waals surface area contributed by atoms with Crippen LogP contribution in [0, 0.1) is 11.3 Å². The summed E-state index contributed by atoms with van der Waals surface area (Å²) in [7, 11) is -3.42. The molecule has 0 bridgehead atoms. The second-order valence-electron chi connectivity index (χ2n) is 5.68. The van der Waals surface area contributed by atoms with Gasteiger partial charge in [-0.1, -0.05) is 29.3 Å².